The second-order valence-corrected chi connectivity index (χ2v) is 4.70. The number of hydrogen-bond acceptors (Lipinski definition) is 5. The fraction of sp³-hybridized carbons (Fsp3) is 0.118. The van der Waals surface area contributed by atoms with Gasteiger partial charge in [-0.2, -0.15) is 0 Å². The lowest BCUT2D eigenvalue weighted by molar-refractivity contribution is 0.104. The van der Waals surface area contributed by atoms with Gasteiger partial charge in [0.25, 0.3) is 0 Å². The standard InChI is InChI=1S/C17H14O5/c1-20-15-6-3-11(8-14(15)19)2-5-13(18)12-4-7-16-17(9-12)22-10-21-16/h2-9,19H,10H2,1H3/b5-2-. The van der Waals surface area contributed by atoms with Gasteiger partial charge in [0.15, 0.2) is 28.8 Å². The molecule has 2 aromatic rings. The fourth-order valence-electron chi connectivity index (χ4n) is 2.13. The van der Waals surface area contributed by atoms with Gasteiger partial charge < -0.3 is 19.3 Å². The quantitative estimate of drug-likeness (QED) is 0.694. The zero-order valence-electron chi connectivity index (χ0n) is 11.9. The van der Waals surface area contributed by atoms with Crippen LogP contribution in [-0.4, -0.2) is 24.8 Å². The highest BCUT2D eigenvalue weighted by Gasteiger charge is 2.15. The molecule has 1 aliphatic rings. The van der Waals surface area contributed by atoms with E-state index >= 15 is 0 Å². The minimum atomic E-state index is -0.159. The van der Waals surface area contributed by atoms with E-state index in [0.717, 1.165) is 0 Å². The fourth-order valence-corrected chi connectivity index (χ4v) is 2.13. The average molecular weight is 298 g/mol. The van der Waals surface area contributed by atoms with E-state index in [1.165, 1.54) is 19.3 Å². The van der Waals surface area contributed by atoms with Crippen molar-refractivity contribution in [2.45, 2.75) is 0 Å². The molecule has 0 radical (unpaired) electrons. The summed E-state index contributed by atoms with van der Waals surface area (Å²) in [6.07, 6.45) is 3.07. The van der Waals surface area contributed by atoms with Crippen LogP contribution in [0.5, 0.6) is 23.0 Å². The molecular formula is C17H14O5. The molecule has 0 atom stereocenters. The Morgan fingerprint density at radius 2 is 2.00 bits per heavy atom. The number of ketones is 1. The SMILES string of the molecule is COc1ccc(/C=C\C(=O)c2ccc3c(c2)OCO3)cc1O. The number of allylic oxidation sites excluding steroid dienone is 1. The Morgan fingerprint density at radius 3 is 2.77 bits per heavy atom. The third kappa shape index (κ3) is 2.74. The maximum absolute atomic E-state index is 12.2. The molecule has 0 spiro atoms. The lowest BCUT2D eigenvalue weighted by atomic mass is 10.1. The first-order valence-corrected chi connectivity index (χ1v) is 6.66. The third-order valence-electron chi connectivity index (χ3n) is 3.29. The predicted octanol–water partition coefficient (Wildman–Crippen LogP) is 3.03. The van der Waals surface area contributed by atoms with Crippen LogP contribution in [0.25, 0.3) is 6.08 Å². The summed E-state index contributed by atoms with van der Waals surface area (Å²) in [6, 6.07) is 9.97. The van der Waals surface area contributed by atoms with Crippen molar-refractivity contribution in [2.24, 2.45) is 0 Å². The molecule has 1 heterocycles. The number of rotatable bonds is 4. The van der Waals surface area contributed by atoms with Crippen molar-refractivity contribution in [3.8, 4) is 23.0 Å². The molecular weight excluding hydrogens is 284 g/mol. The van der Waals surface area contributed by atoms with Crippen LogP contribution in [0, 0.1) is 0 Å². The number of ether oxygens (including phenoxy) is 3. The Bertz CT molecular complexity index is 749. The van der Waals surface area contributed by atoms with E-state index in [2.05, 4.69) is 0 Å². The van der Waals surface area contributed by atoms with Crippen LogP contribution in [0.3, 0.4) is 0 Å². The van der Waals surface area contributed by atoms with Crippen LogP contribution >= 0.6 is 0 Å². The summed E-state index contributed by atoms with van der Waals surface area (Å²) in [5, 5.41) is 9.71. The van der Waals surface area contributed by atoms with Crippen molar-refractivity contribution >= 4 is 11.9 Å². The van der Waals surface area contributed by atoms with E-state index in [-0.39, 0.29) is 18.3 Å². The maximum Gasteiger partial charge on any atom is 0.231 e. The van der Waals surface area contributed by atoms with Gasteiger partial charge in [0.1, 0.15) is 0 Å². The van der Waals surface area contributed by atoms with E-state index in [1.54, 1.807) is 36.4 Å². The molecule has 5 nitrogen and oxygen atoms in total. The van der Waals surface area contributed by atoms with Crippen LogP contribution in [0.2, 0.25) is 0 Å². The molecule has 0 amide bonds. The van der Waals surface area contributed by atoms with Gasteiger partial charge in [0.05, 0.1) is 7.11 Å². The average Bonchev–Trinajstić information content (AvgIpc) is 3.00. The Labute approximate surface area is 127 Å². The first-order chi connectivity index (χ1) is 10.7. The van der Waals surface area contributed by atoms with E-state index in [4.69, 9.17) is 14.2 Å². The molecule has 0 unspecified atom stereocenters. The number of phenols is 1. The Morgan fingerprint density at radius 1 is 1.18 bits per heavy atom. The number of benzene rings is 2. The number of carbonyl (C=O) groups is 1. The molecule has 0 saturated heterocycles. The summed E-state index contributed by atoms with van der Waals surface area (Å²) in [4.78, 5) is 12.2. The number of carbonyl (C=O) groups excluding carboxylic acids is 1. The Kier molecular flexibility index (Phi) is 3.70. The smallest absolute Gasteiger partial charge is 0.231 e. The number of phenolic OH excluding ortho intramolecular Hbond substituents is 1. The molecule has 5 heteroatoms. The summed E-state index contributed by atoms with van der Waals surface area (Å²) in [5.41, 5.74) is 1.21. The van der Waals surface area contributed by atoms with Gasteiger partial charge in [-0.25, -0.2) is 0 Å². The van der Waals surface area contributed by atoms with Gasteiger partial charge in [-0.1, -0.05) is 12.1 Å². The van der Waals surface area contributed by atoms with Crippen LogP contribution in [0.4, 0.5) is 0 Å². The summed E-state index contributed by atoms with van der Waals surface area (Å²) in [5.74, 6) is 1.47. The molecule has 0 saturated carbocycles. The molecule has 0 bridgehead atoms. The van der Waals surface area contributed by atoms with E-state index < -0.39 is 0 Å². The van der Waals surface area contributed by atoms with Crippen molar-refractivity contribution in [1.82, 2.24) is 0 Å². The topological polar surface area (TPSA) is 65.0 Å². The molecule has 3 rings (SSSR count). The van der Waals surface area contributed by atoms with Crippen molar-refractivity contribution < 1.29 is 24.1 Å². The van der Waals surface area contributed by atoms with Crippen LogP contribution < -0.4 is 14.2 Å². The zero-order valence-corrected chi connectivity index (χ0v) is 11.9. The normalized spacial score (nSPS) is 12.6. The van der Waals surface area contributed by atoms with Gasteiger partial charge in [-0.3, -0.25) is 4.79 Å². The summed E-state index contributed by atoms with van der Waals surface area (Å²) >= 11 is 0. The molecule has 0 fully saturated rings. The number of aromatic hydroxyl groups is 1. The Balaban J connectivity index is 1.77. The van der Waals surface area contributed by atoms with Gasteiger partial charge in [0, 0.05) is 5.56 Å². The summed E-state index contributed by atoms with van der Waals surface area (Å²) < 4.78 is 15.4. The van der Waals surface area contributed by atoms with Crippen molar-refractivity contribution in [3.63, 3.8) is 0 Å². The zero-order chi connectivity index (χ0) is 15.5. The third-order valence-corrected chi connectivity index (χ3v) is 3.29. The second-order valence-electron chi connectivity index (χ2n) is 4.70. The van der Waals surface area contributed by atoms with Crippen LogP contribution in [-0.2, 0) is 0 Å². The van der Waals surface area contributed by atoms with E-state index in [1.807, 2.05) is 0 Å². The number of fused-ring (bicyclic) bond motifs is 1. The molecule has 22 heavy (non-hydrogen) atoms. The molecule has 1 aliphatic heterocycles. The van der Waals surface area contributed by atoms with Gasteiger partial charge in [-0.15, -0.1) is 0 Å². The number of hydrogen-bond donors (Lipinski definition) is 1. The highest BCUT2D eigenvalue weighted by Crippen LogP contribution is 2.32. The summed E-state index contributed by atoms with van der Waals surface area (Å²) in [7, 11) is 1.48. The van der Waals surface area contributed by atoms with Gasteiger partial charge in [0.2, 0.25) is 6.79 Å². The first kappa shape index (κ1) is 14.0. The van der Waals surface area contributed by atoms with Crippen LogP contribution in [0.1, 0.15) is 15.9 Å². The minimum Gasteiger partial charge on any atom is -0.504 e. The lowest BCUT2D eigenvalue weighted by Gasteiger charge is -2.03. The van der Waals surface area contributed by atoms with Crippen molar-refractivity contribution in [3.05, 3.63) is 53.6 Å². The highest BCUT2D eigenvalue weighted by molar-refractivity contribution is 6.07. The van der Waals surface area contributed by atoms with E-state index in [0.29, 0.717) is 28.4 Å². The maximum atomic E-state index is 12.2. The molecule has 1 N–H and O–H groups in total. The molecule has 112 valence electrons. The predicted molar refractivity (Wildman–Crippen MR) is 80.6 cm³/mol. The van der Waals surface area contributed by atoms with Crippen LogP contribution in [0.15, 0.2) is 42.5 Å². The van der Waals surface area contributed by atoms with Gasteiger partial charge in [-0.05, 0) is 42.0 Å². The molecule has 2 aromatic carbocycles. The largest absolute Gasteiger partial charge is 0.504 e. The first-order valence-electron chi connectivity index (χ1n) is 6.66. The molecule has 0 aliphatic carbocycles. The molecule has 0 aromatic heterocycles. The summed E-state index contributed by atoms with van der Waals surface area (Å²) in [6.45, 7) is 0.175. The highest BCUT2D eigenvalue weighted by atomic mass is 16.7. The van der Waals surface area contributed by atoms with Crippen molar-refractivity contribution in [2.75, 3.05) is 13.9 Å². The Hall–Kier alpha value is -2.95. The van der Waals surface area contributed by atoms with Gasteiger partial charge >= 0.3 is 0 Å². The second kappa shape index (κ2) is 5.81. The van der Waals surface area contributed by atoms with Crippen molar-refractivity contribution in [1.29, 1.82) is 0 Å². The number of methoxy groups -OCH3 is 1. The monoisotopic (exact) mass is 298 g/mol. The van der Waals surface area contributed by atoms with E-state index in [9.17, 15) is 9.90 Å². The lowest BCUT2D eigenvalue weighted by Crippen LogP contribution is -1.94. The minimum absolute atomic E-state index is 0.0279.